The summed E-state index contributed by atoms with van der Waals surface area (Å²) >= 11 is 0. The molecule has 1 atom stereocenters. The number of nitro groups is 1. The first-order valence-corrected chi connectivity index (χ1v) is 5.46. The van der Waals surface area contributed by atoms with Gasteiger partial charge in [0, 0.05) is 12.1 Å². The van der Waals surface area contributed by atoms with E-state index in [2.05, 4.69) is 0 Å². The first-order valence-electron chi connectivity index (χ1n) is 5.46. The van der Waals surface area contributed by atoms with E-state index in [-0.39, 0.29) is 17.2 Å². The van der Waals surface area contributed by atoms with Crippen LogP contribution in [0.4, 0.5) is 5.69 Å². The standard InChI is InChI=1S/C12H15NO4/c1-3-9(2)8-17-12(14)10-5-4-6-11(7-10)13(15)16/h4-7,9H,3,8H2,1-2H3/t9-/m1/s1. The minimum absolute atomic E-state index is 0.108. The molecule has 0 bridgehead atoms. The Morgan fingerprint density at radius 1 is 1.53 bits per heavy atom. The van der Waals surface area contributed by atoms with Gasteiger partial charge in [0.15, 0.2) is 0 Å². The summed E-state index contributed by atoms with van der Waals surface area (Å²) in [7, 11) is 0. The smallest absolute Gasteiger partial charge is 0.338 e. The maximum Gasteiger partial charge on any atom is 0.338 e. The number of esters is 1. The van der Waals surface area contributed by atoms with Gasteiger partial charge < -0.3 is 4.74 Å². The average molecular weight is 237 g/mol. The van der Waals surface area contributed by atoms with E-state index >= 15 is 0 Å². The number of non-ortho nitro benzene ring substituents is 1. The normalized spacial score (nSPS) is 11.9. The van der Waals surface area contributed by atoms with Gasteiger partial charge in [0.25, 0.3) is 5.69 Å². The predicted molar refractivity (Wildman–Crippen MR) is 62.8 cm³/mol. The first kappa shape index (κ1) is 13.2. The van der Waals surface area contributed by atoms with Crippen molar-refractivity contribution in [2.24, 2.45) is 5.92 Å². The van der Waals surface area contributed by atoms with Crippen molar-refractivity contribution in [1.82, 2.24) is 0 Å². The molecule has 0 unspecified atom stereocenters. The Balaban J connectivity index is 2.69. The first-order chi connectivity index (χ1) is 8.04. The van der Waals surface area contributed by atoms with Crippen molar-refractivity contribution in [3.8, 4) is 0 Å². The van der Waals surface area contributed by atoms with E-state index in [0.29, 0.717) is 6.61 Å². The number of rotatable bonds is 5. The minimum atomic E-state index is -0.536. The van der Waals surface area contributed by atoms with E-state index in [0.717, 1.165) is 6.42 Å². The Hall–Kier alpha value is -1.91. The van der Waals surface area contributed by atoms with Crippen molar-refractivity contribution in [3.05, 3.63) is 39.9 Å². The topological polar surface area (TPSA) is 69.4 Å². The Kier molecular flexibility index (Phi) is 4.63. The molecule has 0 aromatic heterocycles. The maximum atomic E-state index is 11.6. The van der Waals surface area contributed by atoms with Crippen LogP contribution < -0.4 is 0 Å². The summed E-state index contributed by atoms with van der Waals surface area (Å²) in [5.41, 5.74) is 0.102. The molecule has 0 amide bonds. The molecule has 1 aromatic carbocycles. The quantitative estimate of drug-likeness (QED) is 0.448. The van der Waals surface area contributed by atoms with E-state index in [9.17, 15) is 14.9 Å². The van der Waals surface area contributed by atoms with Crippen LogP contribution in [0, 0.1) is 16.0 Å². The fraction of sp³-hybridized carbons (Fsp3) is 0.417. The molecule has 5 nitrogen and oxygen atoms in total. The molecular formula is C12H15NO4. The highest BCUT2D eigenvalue weighted by atomic mass is 16.6. The number of hydrogen-bond donors (Lipinski definition) is 0. The van der Waals surface area contributed by atoms with Crippen LogP contribution in [-0.4, -0.2) is 17.5 Å². The predicted octanol–water partition coefficient (Wildman–Crippen LogP) is 2.80. The van der Waals surface area contributed by atoms with Gasteiger partial charge in [0.1, 0.15) is 0 Å². The number of nitro benzene ring substituents is 1. The average Bonchev–Trinajstić information content (AvgIpc) is 2.35. The second kappa shape index (κ2) is 5.98. The van der Waals surface area contributed by atoms with E-state index < -0.39 is 10.9 Å². The van der Waals surface area contributed by atoms with Crippen molar-refractivity contribution in [2.75, 3.05) is 6.61 Å². The molecule has 1 rings (SSSR count). The van der Waals surface area contributed by atoms with Gasteiger partial charge in [-0.25, -0.2) is 4.79 Å². The largest absolute Gasteiger partial charge is 0.462 e. The molecule has 0 saturated heterocycles. The molecule has 0 spiro atoms. The Morgan fingerprint density at radius 3 is 2.82 bits per heavy atom. The molecule has 1 aromatic rings. The third-order valence-electron chi connectivity index (χ3n) is 2.49. The SMILES string of the molecule is CC[C@@H](C)COC(=O)c1cccc([N+](=O)[O-])c1. The molecule has 0 saturated carbocycles. The van der Waals surface area contributed by atoms with Crippen LogP contribution in [0.2, 0.25) is 0 Å². The van der Waals surface area contributed by atoms with Crippen LogP contribution in [0.5, 0.6) is 0 Å². The van der Waals surface area contributed by atoms with Gasteiger partial charge in [-0.05, 0) is 12.0 Å². The zero-order chi connectivity index (χ0) is 12.8. The molecule has 92 valence electrons. The van der Waals surface area contributed by atoms with Crippen molar-refractivity contribution in [1.29, 1.82) is 0 Å². The van der Waals surface area contributed by atoms with Crippen molar-refractivity contribution in [2.45, 2.75) is 20.3 Å². The maximum absolute atomic E-state index is 11.6. The van der Waals surface area contributed by atoms with E-state index in [1.165, 1.54) is 24.3 Å². The molecule has 0 aliphatic carbocycles. The summed E-state index contributed by atoms with van der Waals surface area (Å²) in [6.45, 7) is 4.31. The van der Waals surface area contributed by atoms with Gasteiger partial charge in [0.2, 0.25) is 0 Å². The third-order valence-corrected chi connectivity index (χ3v) is 2.49. The summed E-state index contributed by atoms with van der Waals surface area (Å²) in [5, 5.41) is 10.5. The Labute approximate surface area is 99.5 Å². The molecule has 0 fully saturated rings. The van der Waals surface area contributed by atoms with Gasteiger partial charge in [-0.15, -0.1) is 0 Å². The van der Waals surface area contributed by atoms with Crippen LogP contribution in [0.3, 0.4) is 0 Å². The minimum Gasteiger partial charge on any atom is -0.462 e. The van der Waals surface area contributed by atoms with E-state index in [1.54, 1.807) is 0 Å². The number of benzene rings is 1. The molecule has 0 heterocycles. The van der Waals surface area contributed by atoms with Crippen molar-refractivity contribution < 1.29 is 14.5 Å². The van der Waals surface area contributed by atoms with Gasteiger partial charge in [-0.1, -0.05) is 26.3 Å². The summed E-state index contributed by atoms with van der Waals surface area (Å²) in [6.07, 6.45) is 0.919. The molecular weight excluding hydrogens is 222 g/mol. The molecule has 0 radical (unpaired) electrons. The summed E-state index contributed by atoms with van der Waals surface area (Å²) in [6, 6.07) is 5.54. The molecule has 17 heavy (non-hydrogen) atoms. The van der Waals surface area contributed by atoms with Crippen molar-refractivity contribution >= 4 is 11.7 Å². The second-order valence-corrected chi connectivity index (χ2v) is 3.92. The van der Waals surface area contributed by atoms with Gasteiger partial charge in [-0.3, -0.25) is 10.1 Å². The van der Waals surface area contributed by atoms with E-state index in [4.69, 9.17) is 4.74 Å². The number of carbonyl (C=O) groups is 1. The summed E-state index contributed by atoms with van der Waals surface area (Å²) in [4.78, 5) is 21.6. The lowest BCUT2D eigenvalue weighted by Crippen LogP contribution is -2.11. The fourth-order valence-electron chi connectivity index (χ4n) is 1.17. The Bertz CT molecular complexity index is 417. The van der Waals surface area contributed by atoms with Gasteiger partial charge in [0.05, 0.1) is 17.1 Å². The monoisotopic (exact) mass is 237 g/mol. The lowest BCUT2D eigenvalue weighted by atomic mass is 10.1. The highest BCUT2D eigenvalue weighted by Gasteiger charge is 2.13. The van der Waals surface area contributed by atoms with Gasteiger partial charge in [-0.2, -0.15) is 0 Å². The summed E-state index contributed by atoms with van der Waals surface area (Å²) in [5.74, 6) is -0.230. The van der Waals surface area contributed by atoms with Crippen LogP contribution in [-0.2, 0) is 4.74 Å². The number of ether oxygens (including phenoxy) is 1. The third kappa shape index (κ3) is 3.86. The lowest BCUT2D eigenvalue weighted by molar-refractivity contribution is -0.384. The van der Waals surface area contributed by atoms with Crippen LogP contribution >= 0.6 is 0 Å². The zero-order valence-corrected chi connectivity index (χ0v) is 9.88. The lowest BCUT2D eigenvalue weighted by Gasteiger charge is -2.09. The number of carbonyl (C=O) groups excluding carboxylic acids is 1. The van der Waals surface area contributed by atoms with Crippen molar-refractivity contribution in [3.63, 3.8) is 0 Å². The molecule has 0 aliphatic rings. The highest BCUT2D eigenvalue weighted by molar-refractivity contribution is 5.90. The van der Waals surface area contributed by atoms with Crippen LogP contribution in [0.25, 0.3) is 0 Å². The van der Waals surface area contributed by atoms with Crippen LogP contribution in [0.1, 0.15) is 30.6 Å². The van der Waals surface area contributed by atoms with Crippen LogP contribution in [0.15, 0.2) is 24.3 Å². The second-order valence-electron chi connectivity index (χ2n) is 3.92. The molecule has 5 heteroatoms. The molecule has 0 aliphatic heterocycles. The van der Waals surface area contributed by atoms with Gasteiger partial charge >= 0.3 is 5.97 Å². The summed E-state index contributed by atoms with van der Waals surface area (Å²) < 4.78 is 5.05. The Morgan fingerprint density at radius 2 is 2.24 bits per heavy atom. The number of nitrogens with zero attached hydrogens (tertiary/aromatic N) is 1. The highest BCUT2D eigenvalue weighted by Crippen LogP contribution is 2.14. The fourth-order valence-corrected chi connectivity index (χ4v) is 1.17. The molecule has 0 N–H and O–H groups in total. The van der Waals surface area contributed by atoms with E-state index in [1.807, 2.05) is 13.8 Å². The number of hydrogen-bond acceptors (Lipinski definition) is 4. The zero-order valence-electron chi connectivity index (χ0n) is 9.88.